The molecule has 0 radical (unpaired) electrons. The quantitative estimate of drug-likeness (QED) is 0.593. The van der Waals surface area contributed by atoms with Gasteiger partial charge in [-0.3, -0.25) is 0 Å². The minimum Gasteiger partial charge on any atom is -0.496 e. The van der Waals surface area contributed by atoms with Crippen LogP contribution in [-0.2, 0) is 6.42 Å². The van der Waals surface area contributed by atoms with Crippen molar-refractivity contribution < 1.29 is 4.74 Å². The molecule has 0 bridgehead atoms. The number of ether oxygens (including phenoxy) is 1. The number of benzene rings is 1. The van der Waals surface area contributed by atoms with E-state index in [0.717, 1.165) is 24.0 Å². The van der Waals surface area contributed by atoms with Crippen LogP contribution in [0.1, 0.15) is 69.4 Å². The predicted octanol–water partition coefficient (Wildman–Crippen LogP) is 5.89. The first-order valence-electron chi connectivity index (χ1n) is 8.61. The summed E-state index contributed by atoms with van der Waals surface area (Å²) in [4.78, 5) is 0. The Morgan fingerprint density at radius 2 is 1.90 bits per heavy atom. The number of aryl methyl sites for hydroxylation is 1. The highest BCUT2D eigenvalue weighted by atomic mass is 16.5. The molecule has 2 rings (SSSR count). The van der Waals surface area contributed by atoms with Crippen LogP contribution in [0.3, 0.4) is 0 Å². The van der Waals surface area contributed by atoms with E-state index >= 15 is 0 Å². The van der Waals surface area contributed by atoms with Crippen molar-refractivity contribution in [3.8, 4) is 5.75 Å². The van der Waals surface area contributed by atoms with Gasteiger partial charge in [-0.1, -0.05) is 44.6 Å². The number of hydrogen-bond acceptors (Lipinski definition) is 1. The average molecular weight is 286 g/mol. The van der Waals surface area contributed by atoms with E-state index in [9.17, 15) is 0 Å². The molecule has 1 aliphatic rings. The van der Waals surface area contributed by atoms with E-state index in [-0.39, 0.29) is 0 Å². The summed E-state index contributed by atoms with van der Waals surface area (Å²) in [7, 11) is 1.78. The topological polar surface area (TPSA) is 9.23 Å². The smallest absolute Gasteiger partial charge is 0.122 e. The van der Waals surface area contributed by atoms with Gasteiger partial charge in [-0.25, -0.2) is 0 Å². The molecule has 0 aromatic heterocycles. The SMILES string of the molecule is CC/C=C/C1CCC(c2ccc(OC)c(CCC)c2)CC1. The Kier molecular flexibility index (Phi) is 6.35. The van der Waals surface area contributed by atoms with E-state index in [1.54, 1.807) is 7.11 Å². The minimum absolute atomic E-state index is 0.748. The lowest BCUT2D eigenvalue weighted by molar-refractivity contribution is 0.374. The third-order valence-electron chi connectivity index (χ3n) is 4.71. The van der Waals surface area contributed by atoms with Crippen molar-refractivity contribution in [1.82, 2.24) is 0 Å². The maximum absolute atomic E-state index is 5.49. The molecule has 0 heterocycles. The molecule has 1 heteroatoms. The number of allylic oxidation sites excluding steroid dienone is 2. The summed E-state index contributed by atoms with van der Waals surface area (Å²) in [6, 6.07) is 6.85. The van der Waals surface area contributed by atoms with Gasteiger partial charge in [-0.15, -0.1) is 0 Å². The molecule has 0 spiro atoms. The van der Waals surface area contributed by atoms with Crippen LogP contribution >= 0.6 is 0 Å². The first kappa shape index (κ1) is 16.1. The van der Waals surface area contributed by atoms with Crippen LogP contribution in [0.4, 0.5) is 0 Å². The summed E-state index contributed by atoms with van der Waals surface area (Å²) in [6.07, 6.45) is 13.6. The highest BCUT2D eigenvalue weighted by molar-refractivity contribution is 5.39. The van der Waals surface area contributed by atoms with Gasteiger partial charge >= 0.3 is 0 Å². The Balaban J connectivity index is 2.02. The number of hydrogen-bond donors (Lipinski definition) is 0. The third-order valence-corrected chi connectivity index (χ3v) is 4.71. The molecule has 0 aliphatic heterocycles. The van der Waals surface area contributed by atoms with E-state index in [1.165, 1.54) is 49.7 Å². The molecule has 1 saturated carbocycles. The molecule has 0 N–H and O–H groups in total. The van der Waals surface area contributed by atoms with Crippen LogP contribution in [0, 0.1) is 5.92 Å². The molecule has 1 fully saturated rings. The lowest BCUT2D eigenvalue weighted by atomic mass is 9.78. The van der Waals surface area contributed by atoms with Crippen LogP contribution in [0.15, 0.2) is 30.4 Å². The van der Waals surface area contributed by atoms with Crippen LogP contribution < -0.4 is 4.74 Å². The molecule has 1 nitrogen and oxygen atoms in total. The van der Waals surface area contributed by atoms with Crippen LogP contribution in [-0.4, -0.2) is 7.11 Å². The summed E-state index contributed by atoms with van der Waals surface area (Å²) in [5, 5.41) is 0. The van der Waals surface area contributed by atoms with Gasteiger partial charge in [0.2, 0.25) is 0 Å². The highest BCUT2D eigenvalue weighted by Gasteiger charge is 2.21. The predicted molar refractivity (Wildman–Crippen MR) is 91.1 cm³/mol. The van der Waals surface area contributed by atoms with Crippen LogP contribution in [0.25, 0.3) is 0 Å². The highest BCUT2D eigenvalue weighted by Crippen LogP contribution is 2.37. The normalized spacial score (nSPS) is 22.6. The van der Waals surface area contributed by atoms with Gasteiger partial charge in [0.05, 0.1) is 7.11 Å². The average Bonchev–Trinajstić information content (AvgIpc) is 2.53. The Bertz CT molecular complexity index is 453. The second kappa shape index (κ2) is 8.26. The minimum atomic E-state index is 0.748. The number of methoxy groups -OCH3 is 1. The molecular weight excluding hydrogens is 256 g/mol. The summed E-state index contributed by atoms with van der Waals surface area (Å²) < 4.78 is 5.49. The molecule has 116 valence electrons. The van der Waals surface area contributed by atoms with Crippen molar-refractivity contribution in [2.75, 3.05) is 7.11 Å². The Hall–Kier alpha value is -1.24. The molecule has 0 atom stereocenters. The Labute approximate surface area is 130 Å². The first-order chi connectivity index (χ1) is 10.3. The fourth-order valence-corrected chi connectivity index (χ4v) is 3.49. The van der Waals surface area contributed by atoms with Gasteiger partial charge in [0.25, 0.3) is 0 Å². The summed E-state index contributed by atoms with van der Waals surface area (Å²) in [6.45, 7) is 4.45. The van der Waals surface area contributed by atoms with Crippen LogP contribution in [0.2, 0.25) is 0 Å². The zero-order valence-corrected chi connectivity index (χ0v) is 13.9. The zero-order chi connectivity index (χ0) is 15.1. The van der Waals surface area contributed by atoms with Gasteiger partial charge in [0, 0.05) is 0 Å². The van der Waals surface area contributed by atoms with Crippen LogP contribution in [0.5, 0.6) is 5.75 Å². The first-order valence-corrected chi connectivity index (χ1v) is 8.61. The maximum atomic E-state index is 5.49. The van der Waals surface area contributed by atoms with Crippen molar-refractivity contribution in [1.29, 1.82) is 0 Å². The van der Waals surface area contributed by atoms with Crippen molar-refractivity contribution in [3.05, 3.63) is 41.5 Å². The Morgan fingerprint density at radius 3 is 2.52 bits per heavy atom. The molecule has 0 saturated heterocycles. The maximum Gasteiger partial charge on any atom is 0.122 e. The summed E-state index contributed by atoms with van der Waals surface area (Å²) >= 11 is 0. The molecule has 1 aliphatic carbocycles. The summed E-state index contributed by atoms with van der Waals surface area (Å²) in [5.41, 5.74) is 2.91. The van der Waals surface area contributed by atoms with Gasteiger partial charge in [0.15, 0.2) is 0 Å². The fourth-order valence-electron chi connectivity index (χ4n) is 3.49. The van der Waals surface area contributed by atoms with Gasteiger partial charge in [-0.05, 0) is 67.6 Å². The second-order valence-corrected chi connectivity index (χ2v) is 6.27. The molecule has 0 amide bonds. The van der Waals surface area contributed by atoms with Crippen molar-refractivity contribution in [2.24, 2.45) is 5.92 Å². The zero-order valence-electron chi connectivity index (χ0n) is 13.9. The van der Waals surface area contributed by atoms with E-state index in [0.29, 0.717) is 0 Å². The lowest BCUT2D eigenvalue weighted by Gasteiger charge is -2.27. The summed E-state index contributed by atoms with van der Waals surface area (Å²) in [5.74, 6) is 2.62. The van der Waals surface area contributed by atoms with Crippen molar-refractivity contribution in [2.45, 2.75) is 64.7 Å². The van der Waals surface area contributed by atoms with Crippen molar-refractivity contribution >= 4 is 0 Å². The largest absolute Gasteiger partial charge is 0.496 e. The molecule has 1 aromatic carbocycles. The van der Waals surface area contributed by atoms with Gasteiger partial charge in [0.1, 0.15) is 5.75 Å². The van der Waals surface area contributed by atoms with E-state index < -0.39 is 0 Å². The molecular formula is C20H30O. The van der Waals surface area contributed by atoms with Crippen molar-refractivity contribution in [3.63, 3.8) is 0 Å². The van der Waals surface area contributed by atoms with E-state index in [4.69, 9.17) is 4.74 Å². The fraction of sp³-hybridized carbons (Fsp3) is 0.600. The molecule has 1 aromatic rings. The molecule has 0 unspecified atom stereocenters. The lowest BCUT2D eigenvalue weighted by Crippen LogP contribution is -2.12. The van der Waals surface area contributed by atoms with Gasteiger partial charge < -0.3 is 4.74 Å². The molecule has 21 heavy (non-hydrogen) atoms. The standard InChI is InChI=1S/C20H30O/c1-4-6-8-16-9-11-17(12-10-16)18-13-14-20(21-3)19(15-18)7-5-2/h6,8,13-17H,4-5,7,9-12H2,1-3H3/b8-6+. The third kappa shape index (κ3) is 4.36. The van der Waals surface area contributed by atoms with Gasteiger partial charge in [-0.2, -0.15) is 0 Å². The monoisotopic (exact) mass is 286 g/mol. The van der Waals surface area contributed by atoms with E-state index in [2.05, 4.69) is 44.2 Å². The van der Waals surface area contributed by atoms with E-state index in [1.807, 2.05) is 0 Å². The Morgan fingerprint density at radius 1 is 1.14 bits per heavy atom. The second-order valence-electron chi connectivity index (χ2n) is 6.27. The number of rotatable bonds is 6.